The summed E-state index contributed by atoms with van der Waals surface area (Å²) < 4.78 is 10.9. The summed E-state index contributed by atoms with van der Waals surface area (Å²) in [5, 5.41) is 5.11. The molecule has 4 nitrogen and oxygen atoms in total. The minimum absolute atomic E-state index is 0.780. The predicted molar refractivity (Wildman–Crippen MR) is 117 cm³/mol. The number of hydrogen-bond donors (Lipinski definition) is 0. The van der Waals surface area contributed by atoms with Crippen LogP contribution in [0.2, 0.25) is 0 Å². The fourth-order valence-electron chi connectivity index (χ4n) is 2.96. The Morgan fingerprint density at radius 3 is 2.50 bits per heavy atom. The number of aromatic nitrogens is 1. The van der Waals surface area contributed by atoms with Crippen LogP contribution in [0.1, 0.15) is 4.88 Å². The maximum Gasteiger partial charge on any atom is 0.190 e. The maximum absolute atomic E-state index is 5.54. The van der Waals surface area contributed by atoms with E-state index >= 15 is 0 Å². The normalized spacial score (nSPS) is 10.6. The van der Waals surface area contributed by atoms with Gasteiger partial charge < -0.3 is 14.4 Å². The van der Waals surface area contributed by atoms with Gasteiger partial charge in [-0.1, -0.05) is 24.3 Å². The van der Waals surface area contributed by atoms with E-state index in [1.165, 1.54) is 4.88 Å². The summed E-state index contributed by atoms with van der Waals surface area (Å²) >= 11 is 3.38. The maximum atomic E-state index is 5.54. The first-order valence-electron chi connectivity index (χ1n) is 8.81. The van der Waals surface area contributed by atoms with Crippen molar-refractivity contribution in [2.45, 2.75) is 6.54 Å². The molecule has 6 heteroatoms. The third-order valence-electron chi connectivity index (χ3n) is 4.37. The van der Waals surface area contributed by atoms with E-state index in [1.54, 1.807) is 36.9 Å². The molecule has 0 aliphatic heterocycles. The van der Waals surface area contributed by atoms with E-state index in [2.05, 4.69) is 52.1 Å². The molecule has 0 amide bonds. The molecule has 4 rings (SSSR count). The predicted octanol–water partition coefficient (Wildman–Crippen LogP) is 6.23. The Bertz CT molecular complexity index is 1030. The van der Waals surface area contributed by atoms with Gasteiger partial charge in [-0.05, 0) is 41.8 Å². The smallest absolute Gasteiger partial charge is 0.190 e. The van der Waals surface area contributed by atoms with E-state index in [9.17, 15) is 0 Å². The van der Waals surface area contributed by atoms with Crippen molar-refractivity contribution in [2.24, 2.45) is 0 Å². The van der Waals surface area contributed by atoms with Gasteiger partial charge >= 0.3 is 0 Å². The summed E-state index contributed by atoms with van der Waals surface area (Å²) in [7, 11) is 3.34. The molecule has 0 radical (unpaired) electrons. The zero-order valence-electron chi connectivity index (χ0n) is 15.7. The first-order chi connectivity index (χ1) is 13.8. The zero-order valence-corrected chi connectivity index (χ0v) is 17.3. The molecule has 0 aliphatic rings. The first kappa shape index (κ1) is 18.5. The Balaban J connectivity index is 1.73. The minimum atomic E-state index is 0.780. The summed E-state index contributed by atoms with van der Waals surface area (Å²) in [5.41, 5.74) is 2.92. The number of thiophene rings is 1. The van der Waals surface area contributed by atoms with Gasteiger partial charge in [0.1, 0.15) is 11.5 Å². The van der Waals surface area contributed by atoms with Gasteiger partial charge in [-0.3, -0.25) is 0 Å². The second kappa shape index (κ2) is 8.46. The fourth-order valence-corrected chi connectivity index (χ4v) is 4.50. The average Bonchev–Trinajstić information content (AvgIpc) is 3.44. The lowest BCUT2D eigenvalue weighted by Crippen LogP contribution is -2.15. The van der Waals surface area contributed by atoms with Crippen molar-refractivity contribution in [3.05, 3.63) is 76.3 Å². The average molecular weight is 409 g/mol. The molecular weight excluding hydrogens is 388 g/mol. The first-order valence-corrected chi connectivity index (χ1v) is 10.6. The van der Waals surface area contributed by atoms with E-state index in [1.807, 2.05) is 24.3 Å². The van der Waals surface area contributed by atoms with Gasteiger partial charge in [0, 0.05) is 21.5 Å². The molecular formula is C22H20N2O2S2. The monoisotopic (exact) mass is 408 g/mol. The highest BCUT2D eigenvalue weighted by Gasteiger charge is 2.17. The van der Waals surface area contributed by atoms with Crippen LogP contribution >= 0.6 is 22.7 Å². The Labute approximate surface area is 172 Å². The third-order valence-corrected chi connectivity index (χ3v) is 6.09. The highest BCUT2D eigenvalue weighted by molar-refractivity contribution is 7.14. The zero-order chi connectivity index (χ0) is 19.3. The second-order valence-electron chi connectivity index (χ2n) is 6.08. The number of nitrogens with zero attached hydrogens (tertiary/aromatic N) is 2. The van der Waals surface area contributed by atoms with E-state index in [0.29, 0.717) is 0 Å². The summed E-state index contributed by atoms with van der Waals surface area (Å²) in [4.78, 5) is 8.47. The van der Waals surface area contributed by atoms with Gasteiger partial charge in [-0.2, -0.15) is 0 Å². The van der Waals surface area contributed by atoms with Crippen molar-refractivity contribution < 1.29 is 9.47 Å². The summed E-state index contributed by atoms with van der Waals surface area (Å²) in [6.45, 7) is 0.782. The van der Waals surface area contributed by atoms with Crippen LogP contribution in [0.25, 0.3) is 11.3 Å². The number of methoxy groups -OCH3 is 2. The van der Waals surface area contributed by atoms with Crippen LogP contribution in [0.5, 0.6) is 11.5 Å². The Morgan fingerprint density at radius 1 is 0.929 bits per heavy atom. The highest BCUT2D eigenvalue weighted by Crippen LogP contribution is 2.38. The van der Waals surface area contributed by atoms with E-state index in [0.717, 1.165) is 40.1 Å². The molecule has 0 bridgehead atoms. The van der Waals surface area contributed by atoms with Crippen LogP contribution < -0.4 is 14.4 Å². The molecule has 4 aromatic rings. The number of hydrogen-bond acceptors (Lipinski definition) is 6. The van der Waals surface area contributed by atoms with Crippen LogP contribution in [0.15, 0.2) is 71.4 Å². The van der Waals surface area contributed by atoms with Gasteiger partial charge in [-0.15, -0.1) is 22.7 Å². The number of para-hydroxylation sites is 1. The lowest BCUT2D eigenvalue weighted by molar-refractivity contribution is 0.404. The van der Waals surface area contributed by atoms with Gasteiger partial charge in [0.15, 0.2) is 5.13 Å². The Kier molecular flexibility index (Phi) is 5.60. The van der Waals surface area contributed by atoms with Gasteiger partial charge in [0.05, 0.1) is 26.5 Å². The number of ether oxygens (including phenoxy) is 2. The van der Waals surface area contributed by atoms with Gasteiger partial charge in [0.2, 0.25) is 0 Å². The van der Waals surface area contributed by atoms with Crippen LogP contribution in [0.4, 0.5) is 10.8 Å². The van der Waals surface area contributed by atoms with Crippen molar-refractivity contribution in [1.82, 2.24) is 4.98 Å². The Hall–Kier alpha value is -2.83. The number of thiazole rings is 1. The second-order valence-corrected chi connectivity index (χ2v) is 7.95. The lowest BCUT2D eigenvalue weighted by atomic mass is 10.1. The number of benzene rings is 2. The molecule has 2 aromatic heterocycles. The van der Waals surface area contributed by atoms with Crippen molar-refractivity contribution in [3.63, 3.8) is 0 Å². The summed E-state index contributed by atoms with van der Waals surface area (Å²) in [6.07, 6.45) is 0. The molecule has 0 unspecified atom stereocenters. The molecule has 0 N–H and O–H groups in total. The molecule has 0 saturated carbocycles. The van der Waals surface area contributed by atoms with Crippen LogP contribution in [0.3, 0.4) is 0 Å². The molecule has 28 heavy (non-hydrogen) atoms. The molecule has 2 heterocycles. The van der Waals surface area contributed by atoms with Crippen molar-refractivity contribution in [3.8, 4) is 22.8 Å². The van der Waals surface area contributed by atoms with Crippen molar-refractivity contribution in [1.29, 1.82) is 0 Å². The topological polar surface area (TPSA) is 34.6 Å². The largest absolute Gasteiger partial charge is 0.497 e. The Morgan fingerprint density at radius 2 is 1.79 bits per heavy atom. The van der Waals surface area contributed by atoms with Crippen LogP contribution in [-0.4, -0.2) is 19.2 Å². The molecule has 0 atom stereocenters. The molecule has 0 spiro atoms. The quantitative estimate of drug-likeness (QED) is 0.363. The molecule has 0 saturated heterocycles. The highest BCUT2D eigenvalue weighted by atomic mass is 32.1. The van der Waals surface area contributed by atoms with Crippen LogP contribution in [-0.2, 0) is 6.54 Å². The molecule has 0 aliphatic carbocycles. The summed E-state index contributed by atoms with van der Waals surface area (Å²) in [5.74, 6) is 1.56. The van der Waals surface area contributed by atoms with Crippen molar-refractivity contribution >= 4 is 33.5 Å². The molecule has 142 valence electrons. The van der Waals surface area contributed by atoms with E-state index in [-0.39, 0.29) is 0 Å². The van der Waals surface area contributed by atoms with E-state index in [4.69, 9.17) is 14.5 Å². The minimum Gasteiger partial charge on any atom is -0.497 e. The lowest BCUT2D eigenvalue weighted by Gasteiger charge is -2.21. The number of anilines is 2. The fraction of sp³-hybridized carbons (Fsp3) is 0.136. The number of rotatable bonds is 7. The standard InChI is InChI=1S/C22H20N2O2S2/c1-25-17-10-11-21(26-2)19(13-17)20-15-28-22(23-20)24(14-18-9-6-12-27-18)16-7-4-3-5-8-16/h3-13,15H,14H2,1-2H3. The van der Waals surface area contributed by atoms with Crippen molar-refractivity contribution in [2.75, 3.05) is 19.1 Å². The van der Waals surface area contributed by atoms with Gasteiger partial charge in [0.25, 0.3) is 0 Å². The van der Waals surface area contributed by atoms with E-state index < -0.39 is 0 Å². The van der Waals surface area contributed by atoms with Crippen LogP contribution in [0, 0.1) is 0 Å². The molecule has 0 fully saturated rings. The summed E-state index contributed by atoms with van der Waals surface area (Å²) in [6, 6.07) is 20.4. The third kappa shape index (κ3) is 3.88. The molecule has 2 aromatic carbocycles. The SMILES string of the molecule is COc1ccc(OC)c(-c2csc(N(Cc3cccs3)c3ccccc3)n2)c1. The van der Waals surface area contributed by atoms with Gasteiger partial charge in [-0.25, -0.2) is 4.98 Å².